The molecule has 0 amide bonds. The minimum atomic E-state index is 0.153. The molecule has 0 spiro atoms. The highest BCUT2D eigenvalue weighted by molar-refractivity contribution is 9.10. The smallest absolute Gasteiger partial charge is 0.328 e. The van der Waals surface area contributed by atoms with Gasteiger partial charge in [-0.15, -0.1) is 0 Å². The van der Waals surface area contributed by atoms with Gasteiger partial charge in [0.05, 0.1) is 6.20 Å². The van der Waals surface area contributed by atoms with Gasteiger partial charge in [-0.25, -0.2) is 0 Å². The van der Waals surface area contributed by atoms with Crippen LogP contribution in [0.2, 0.25) is 0 Å². The molecule has 0 unspecified atom stereocenters. The van der Waals surface area contributed by atoms with Gasteiger partial charge in [0, 0.05) is 23.8 Å². The van der Waals surface area contributed by atoms with Gasteiger partial charge in [0.2, 0.25) is 11.9 Å². The van der Waals surface area contributed by atoms with Gasteiger partial charge in [0.1, 0.15) is 0 Å². The first-order valence-corrected chi connectivity index (χ1v) is 7.05. The molecule has 0 atom stereocenters. The number of nitrogens with zero attached hydrogens (tertiary/aromatic N) is 5. The van der Waals surface area contributed by atoms with Crippen molar-refractivity contribution in [3.63, 3.8) is 0 Å². The van der Waals surface area contributed by atoms with E-state index >= 15 is 0 Å². The summed E-state index contributed by atoms with van der Waals surface area (Å²) in [6.07, 6.45) is 5.53. The van der Waals surface area contributed by atoms with Crippen LogP contribution in [-0.2, 0) is 0 Å². The molecule has 7 nitrogen and oxygen atoms in total. The zero-order valence-electron chi connectivity index (χ0n) is 10.7. The fourth-order valence-corrected chi connectivity index (χ4v) is 2.36. The zero-order chi connectivity index (χ0) is 13.9. The molecule has 1 aliphatic heterocycles. The van der Waals surface area contributed by atoms with Crippen molar-refractivity contribution in [3.8, 4) is 11.8 Å². The lowest BCUT2D eigenvalue weighted by atomic mass is 10.4. The molecular weight excluding hydrogens is 324 g/mol. The first-order valence-electron chi connectivity index (χ1n) is 6.25. The van der Waals surface area contributed by atoms with E-state index in [9.17, 15) is 0 Å². The second kappa shape index (κ2) is 5.58. The monoisotopic (exact) mass is 336 g/mol. The molecule has 2 N–H and O–H groups in total. The SMILES string of the molecule is Nc1nc(Oc2cncc(Br)c2)nc(N2CCCC2)n1. The highest BCUT2D eigenvalue weighted by Gasteiger charge is 2.17. The van der Waals surface area contributed by atoms with Crippen molar-refractivity contribution >= 4 is 27.8 Å². The highest BCUT2D eigenvalue weighted by Crippen LogP contribution is 2.23. The van der Waals surface area contributed by atoms with E-state index in [4.69, 9.17) is 10.5 Å². The summed E-state index contributed by atoms with van der Waals surface area (Å²) in [4.78, 5) is 18.5. The quantitative estimate of drug-likeness (QED) is 0.916. The molecule has 1 aliphatic rings. The Labute approximate surface area is 124 Å². The van der Waals surface area contributed by atoms with Gasteiger partial charge in [-0.1, -0.05) is 0 Å². The molecule has 1 saturated heterocycles. The molecular formula is C12H13BrN6O. The summed E-state index contributed by atoms with van der Waals surface area (Å²) < 4.78 is 6.40. The minimum absolute atomic E-state index is 0.153. The van der Waals surface area contributed by atoms with E-state index in [0.29, 0.717) is 11.7 Å². The summed E-state index contributed by atoms with van der Waals surface area (Å²) >= 11 is 3.33. The lowest BCUT2D eigenvalue weighted by molar-refractivity contribution is 0.438. The van der Waals surface area contributed by atoms with Crippen molar-refractivity contribution in [2.45, 2.75) is 12.8 Å². The van der Waals surface area contributed by atoms with Crippen LogP contribution in [0.1, 0.15) is 12.8 Å². The molecule has 2 aromatic heterocycles. The maximum atomic E-state index is 5.72. The predicted molar refractivity (Wildman–Crippen MR) is 77.7 cm³/mol. The molecule has 20 heavy (non-hydrogen) atoms. The average molecular weight is 337 g/mol. The predicted octanol–water partition coefficient (Wildman–Crippen LogP) is 2.00. The van der Waals surface area contributed by atoms with Crippen molar-refractivity contribution in [3.05, 3.63) is 22.9 Å². The van der Waals surface area contributed by atoms with Gasteiger partial charge in [0.25, 0.3) is 0 Å². The molecule has 0 bridgehead atoms. The molecule has 104 valence electrons. The number of hydrogen-bond donors (Lipinski definition) is 1. The Bertz CT molecular complexity index is 617. The van der Waals surface area contributed by atoms with Crippen molar-refractivity contribution in [1.82, 2.24) is 19.9 Å². The fourth-order valence-electron chi connectivity index (χ4n) is 2.02. The summed E-state index contributed by atoms with van der Waals surface area (Å²) in [6, 6.07) is 1.96. The van der Waals surface area contributed by atoms with Gasteiger partial charge in [0.15, 0.2) is 5.75 Å². The third-order valence-corrected chi connectivity index (χ3v) is 3.33. The van der Waals surface area contributed by atoms with Crippen molar-refractivity contribution < 1.29 is 4.74 Å². The van der Waals surface area contributed by atoms with Crippen LogP contribution in [0.3, 0.4) is 0 Å². The molecule has 1 fully saturated rings. The zero-order valence-corrected chi connectivity index (χ0v) is 12.2. The van der Waals surface area contributed by atoms with Gasteiger partial charge in [-0.3, -0.25) is 4.98 Å². The number of anilines is 2. The number of nitrogen functional groups attached to an aromatic ring is 1. The van der Waals surface area contributed by atoms with Crippen LogP contribution in [0, 0.1) is 0 Å². The van der Waals surface area contributed by atoms with Crippen LogP contribution >= 0.6 is 15.9 Å². The second-order valence-corrected chi connectivity index (χ2v) is 5.33. The van der Waals surface area contributed by atoms with Gasteiger partial charge in [-0.05, 0) is 34.8 Å². The van der Waals surface area contributed by atoms with Crippen molar-refractivity contribution in [1.29, 1.82) is 0 Å². The van der Waals surface area contributed by atoms with Crippen molar-refractivity contribution in [2.24, 2.45) is 0 Å². The Kier molecular flexibility index (Phi) is 3.64. The standard InChI is InChI=1S/C12H13BrN6O/c13-8-5-9(7-15-6-8)20-12-17-10(14)16-11(18-12)19-3-1-2-4-19/h5-7H,1-4H2,(H2,14,16,17,18). The van der Waals surface area contributed by atoms with E-state index in [1.54, 1.807) is 18.5 Å². The summed E-state index contributed by atoms with van der Waals surface area (Å²) in [6.45, 7) is 1.86. The van der Waals surface area contributed by atoms with E-state index in [2.05, 4.69) is 40.8 Å². The maximum Gasteiger partial charge on any atom is 0.328 e. The summed E-state index contributed by atoms with van der Waals surface area (Å²) in [7, 11) is 0. The van der Waals surface area contributed by atoms with Crippen LogP contribution in [0.4, 0.5) is 11.9 Å². The molecule has 3 rings (SSSR count). The molecule has 0 aromatic carbocycles. The summed E-state index contributed by atoms with van der Waals surface area (Å²) in [5.74, 6) is 1.25. The van der Waals surface area contributed by atoms with Gasteiger partial charge < -0.3 is 15.4 Å². The number of pyridine rings is 1. The summed E-state index contributed by atoms with van der Waals surface area (Å²) in [5.41, 5.74) is 5.72. The van der Waals surface area contributed by atoms with Gasteiger partial charge in [-0.2, -0.15) is 15.0 Å². The molecule has 2 aromatic rings. The van der Waals surface area contributed by atoms with E-state index in [-0.39, 0.29) is 12.0 Å². The minimum Gasteiger partial charge on any atom is -0.422 e. The highest BCUT2D eigenvalue weighted by atomic mass is 79.9. The molecule has 0 radical (unpaired) electrons. The lowest BCUT2D eigenvalue weighted by Gasteiger charge is -2.15. The average Bonchev–Trinajstić information content (AvgIpc) is 2.91. The van der Waals surface area contributed by atoms with Crippen LogP contribution in [0.15, 0.2) is 22.9 Å². The van der Waals surface area contributed by atoms with Crippen molar-refractivity contribution in [2.75, 3.05) is 23.7 Å². The molecule has 0 saturated carbocycles. The largest absolute Gasteiger partial charge is 0.422 e. The van der Waals surface area contributed by atoms with E-state index < -0.39 is 0 Å². The van der Waals surface area contributed by atoms with Crippen LogP contribution in [-0.4, -0.2) is 33.0 Å². The van der Waals surface area contributed by atoms with E-state index in [0.717, 1.165) is 30.4 Å². The number of aromatic nitrogens is 4. The van der Waals surface area contributed by atoms with E-state index in [1.807, 2.05) is 0 Å². The summed E-state index contributed by atoms with van der Waals surface area (Å²) in [5, 5.41) is 0. The van der Waals surface area contributed by atoms with Crippen LogP contribution < -0.4 is 15.4 Å². The third-order valence-electron chi connectivity index (χ3n) is 2.90. The first-order chi connectivity index (χ1) is 9.70. The van der Waals surface area contributed by atoms with Crippen LogP contribution in [0.5, 0.6) is 11.8 Å². The number of hydrogen-bond acceptors (Lipinski definition) is 7. The Hall–Kier alpha value is -1.96. The number of halogens is 1. The number of rotatable bonds is 3. The van der Waals surface area contributed by atoms with E-state index in [1.165, 1.54) is 0 Å². The third kappa shape index (κ3) is 2.96. The molecule has 3 heterocycles. The fraction of sp³-hybridized carbons (Fsp3) is 0.333. The molecule has 0 aliphatic carbocycles. The topological polar surface area (TPSA) is 90.0 Å². The van der Waals surface area contributed by atoms with Gasteiger partial charge >= 0.3 is 6.01 Å². The molecule has 8 heteroatoms. The first kappa shape index (κ1) is 13.0. The number of nitrogens with two attached hydrogens (primary N) is 1. The Morgan fingerprint density at radius 1 is 1.15 bits per heavy atom. The Morgan fingerprint density at radius 2 is 1.95 bits per heavy atom. The Morgan fingerprint density at radius 3 is 2.70 bits per heavy atom. The second-order valence-electron chi connectivity index (χ2n) is 4.41. The lowest BCUT2D eigenvalue weighted by Crippen LogP contribution is -2.21. The van der Waals surface area contributed by atoms with Crippen LogP contribution in [0.25, 0.3) is 0 Å². The Balaban J connectivity index is 1.85. The number of ether oxygens (including phenoxy) is 1. The maximum absolute atomic E-state index is 5.72. The normalized spacial score (nSPS) is 14.6.